The topological polar surface area (TPSA) is 110 Å². The summed E-state index contributed by atoms with van der Waals surface area (Å²) in [5, 5.41) is 11.7. The maximum atomic E-state index is 14.7. The molecule has 0 bridgehead atoms. The number of nitrogens with one attached hydrogen (secondary N) is 1. The number of carboxylic acid groups (broad SMARTS) is 1. The van der Waals surface area contributed by atoms with Gasteiger partial charge < -0.3 is 16.2 Å². The number of hydrogen-bond donors (Lipinski definition) is 3. The lowest BCUT2D eigenvalue weighted by Gasteiger charge is -2.18. The van der Waals surface area contributed by atoms with Crippen molar-refractivity contribution >= 4 is 44.3 Å². The number of aryl methyl sites for hydroxylation is 1. The number of aromatic carboxylic acids is 1. The lowest BCUT2D eigenvalue weighted by Crippen LogP contribution is -2.21. The Balaban J connectivity index is 2.66. The van der Waals surface area contributed by atoms with Gasteiger partial charge in [-0.15, -0.1) is 0 Å². The van der Waals surface area contributed by atoms with Gasteiger partial charge in [0.25, 0.3) is 0 Å². The molecule has 7 nitrogen and oxygen atoms in total. The van der Waals surface area contributed by atoms with Gasteiger partial charge in [0, 0.05) is 24.9 Å². The molecule has 0 aliphatic heterocycles. The summed E-state index contributed by atoms with van der Waals surface area (Å²) in [5.74, 6) is -5.86. The van der Waals surface area contributed by atoms with Crippen molar-refractivity contribution in [2.45, 2.75) is 6.92 Å². The van der Waals surface area contributed by atoms with Crippen molar-refractivity contribution in [2.75, 3.05) is 18.1 Å². The summed E-state index contributed by atoms with van der Waals surface area (Å²) in [6.45, 7) is 1.28. The van der Waals surface area contributed by atoms with Crippen LogP contribution in [0.15, 0.2) is 21.5 Å². The molecule has 0 amide bonds. The van der Waals surface area contributed by atoms with Crippen LogP contribution in [0.5, 0.6) is 0 Å². The van der Waals surface area contributed by atoms with E-state index in [2.05, 4.69) is 26.2 Å². The number of carbonyl (C=O) groups is 1. The smallest absolute Gasteiger partial charge is 0.341 e. The van der Waals surface area contributed by atoms with E-state index in [9.17, 15) is 27.9 Å². The highest BCUT2D eigenvalue weighted by molar-refractivity contribution is 9.10. The van der Waals surface area contributed by atoms with E-state index in [1.54, 1.807) is 0 Å². The van der Waals surface area contributed by atoms with Gasteiger partial charge in [-0.05, 0) is 22.9 Å². The highest BCUT2D eigenvalue weighted by atomic mass is 79.9. The molecule has 2 heterocycles. The van der Waals surface area contributed by atoms with Gasteiger partial charge >= 0.3 is 5.97 Å². The Morgan fingerprint density at radius 2 is 1.96 bits per heavy atom. The molecule has 146 valence electrons. The van der Waals surface area contributed by atoms with Gasteiger partial charge in [-0.3, -0.25) is 9.36 Å². The van der Waals surface area contributed by atoms with Crippen LogP contribution in [-0.4, -0.2) is 27.7 Å². The molecule has 11 heteroatoms. The molecule has 4 N–H and O–H groups in total. The Kier molecular flexibility index (Phi) is 4.79. The van der Waals surface area contributed by atoms with Crippen molar-refractivity contribution < 1.29 is 23.1 Å². The lowest BCUT2D eigenvalue weighted by atomic mass is 10.0. The number of halogens is 4. The number of fused-ring (bicyclic) bond motifs is 1. The van der Waals surface area contributed by atoms with Gasteiger partial charge in [0.2, 0.25) is 5.43 Å². The number of nitrogens with two attached hydrogens (primary N) is 1. The zero-order valence-electron chi connectivity index (χ0n) is 14.4. The van der Waals surface area contributed by atoms with Crippen molar-refractivity contribution in [2.24, 2.45) is 0 Å². The molecule has 28 heavy (non-hydrogen) atoms. The molecular weight excluding hydrogens is 445 g/mol. The summed E-state index contributed by atoms with van der Waals surface area (Å²) in [4.78, 5) is 27.8. The molecule has 2 aromatic heterocycles. The van der Waals surface area contributed by atoms with Crippen LogP contribution < -0.4 is 16.5 Å². The highest BCUT2D eigenvalue weighted by Gasteiger charge is 2.25. The summed E-state index contributed by atoms with van der Waals surface area (Å²) in [7, 11) is 1.43. The van der Waals surface area contributed by atoms with Gasteiger partial charge in [-0.1, -0.05) is 0 Å². The van der Waals surface area contributed by atoms with Crippen molar-refractivity contribution in [3.63, 3.8) is 0 Å². The maximum absolute atomic E-state index is 14.7. The molecule has 0 aliphatic rings. The summed E-state index contributed by atoms with van der Waals surface area (Å²) < 4.78 is 43.6. The summed E-state index contributed by atoms with van der Waals surface area (Å²) in [6.07, 6.45) is 0.831. The second-order valence-corrected chi connectivity index (χ2v) is 6.60. The number of nitrogen functional groups attached to an aromatic ring is 1. The highest BCUT2D eigenvalue weighted by Crippen LogP contribution is 2.37. The van der Waals surface area contributed by atoms with Crippen LogP contribution >= 0.6 is 15.9 Å². The van der Waals surface area contributed by atoms with E-state index in [1.165, 1.54) is 14.0 Å². The van der Waals surface area contributed by atoms with E-state index in [0.29, 0.717) is 6.07 Å². The van der Waals surface area contributed by atoms with Crippen LogP contribution in [0.2, 0.25) is 0 Å². The first kappa shape index (κ1) is 19.7. The predicted octanol–water partition coefficient (Wildman–Crippen LogP) is 3.20. The van der Waals surface area contributed by atoms with Gasteiger partial charge in [0.15, 0.2) is 29.1 Å². The normalized spacial score (nSPS) is 11.1. The Morgan fingerprint density at radius 1 is 1.32 bits per heavy atom. The van der Waals surface area contributed by atoms with E-state index in [1.807, 2.05) is 0 Å². The van der Waals surface area contributed by atoms with Crippen LogP contribution in [0.3, 0.4) is 0 Å². The standard InChI is InChI=1S/C17H12BrF3N4O3/c1-5-9-13(10(18)12(23-2)11(5)21)25(4-6(14(9)26)17(27)28)16-8(20)3-7(19)15(22)24-16/h3-4,23H,1-2H3,(H2,22,24)(H,27,28). The predicted molar refractivity (Wildman–Crippen MR) is 101 cm³/mol. The fourth-order valence-electron chi connectivity index (χ4n) is 2.87. The number of rotatable bonds is 3. The summed E-state index contributed by atoms with van der Waals surface area (Å²) >= 11 is 3.16. The minimum absolute atomic E-state index is 0.0197. The number of aromatic nitrogens is 2. The maximum Gasteiger partial charge on any atom is 0.341 e. The van der Waals surface area contributed by atoms with Gasteiger partial charge in [-0.2, -0.15) is 0 Å². The van der Waals surface area contributed by atoms with Crippen LogP contribution in [0.1, 0.15) is 15.9 Å². The van der Waals surface area contributed by atoms with Gasteiger partial charge in [-0.25, -0.2) is 22.9 Å². The second-order valence-electron chi connectivity index (χ2n) is 5.81. The Hall–Kier alpha value is -3.08. The summed E-state index contributed by atoms with van der Waals surface area (Å²) in [5.41, 5.74) is 3.45. The SMILES string of the molecule is CNc1c(F)c(C)c2c(=O)c(C(=O)O)cn(-c3nc(N)c(F)cc3F)c2c1Br. The minimum atomic E-state index is -1.61. The van der Waals surface area contributed by atoms with E-state index in [-0.39, 0.29) is 26.6 Å². The Labute approximate surface area is 163 Å². The molecule has 0 fully saturated rings. The average molecular weight is 457 g/mol. The molecule has 0 radical (unpaired) electrons. The van der Waals surface area contributed by atoms with Crippen LogP contribution in [0.25, 0.3) is 16.7 Å². The number of hydrogen-bond acceptors (Lipinski definition) is 5. The third-order valence-electron chi connectivity index (χ3n) is 4.21. The number of pyridine rings is 2. The number of benzene rings is 1. The molecule has 3 aromatic rings. The first-order valence-corrected chi connectivity index (χ1v) is 8.49. The number of nitrogens with zero attached hydrogens (tertiary/aromatic N) is 2. The van der Waals surface area contributed by atoms with Crippen molar-refractivity contribution in [1.82, 2.24) is 9.55 Å². The van der Waals surface area contributed by atoms with E-state index >= 15 is 0 Å². The fourth-order valence-corrected chi connectivity index (χ4v) is 3.63. The third kappa shape index (κ3) is 2.78. The zero-order chi connectivity index (χ0) is 20.9. The Bertz CT molecular complexity index is 1230. The van der Waals surface area contributed by atoms with Crippen LogP contribution in [0, 0.1) is 24.4 Å². The quantitative estimate of drug-likeness (QED) is 0.558. The van der Waals surface area contributed by atoms with E-state index < -0.39 is 46.0 Å². The molecule has 0 aliphatic carbocycles. The fraction of sp³-hybridized carbons (Fsp3) is 0.118. The monoisotopic (exact) mass is 456 g/mol. The van der Waals surface area contributed by atoms with Crippen molar-refractivity contribution in [3.8, 4) is 5.82 Å². The lowest BCUT2D eigenvalue weighted by molar-refractivity contribution is 0.0695. The third-order valence-corrected chi connectivity index (χ3v) is 4.98. The minimum Gasteiger partial charge on any atom is -0.477 e. The van der Waals surface area contributed by atoms with Gasteiger partial charge in [0.05, 0.1) is 21.1 Å². The molecule has 0 spiro atoms. The van der Waals surface area contributed by atoms with Crippen LogP contribution in [-0.2, 0) is 0 Å². The molecule has 0 unspecified atom stereocenters. The first-order valence-electron chi connectivity index (χ1n) is 7.70. The van der Waals surface area contributed by atoms with Crippen molar-refractivity contribution in [3.05, 3.63) is 55.5 Å². The van der Waals surface area contributed by atoms with E-state index in [4.69, 9.17) is 5.73 Å². The molecule has 1 aromatic carbocycles. The average Bonchev–Trinajstić information content (AvgIpc) is 2.63. The molecule has 0 atom stereocenters. The summed E-state index contributed by atoms with van der Waals surface area (Å²) in [6, 6.07) is 0.477. The number of carboxylic acids is 1. The molecular formula is C17H12BrF3N4O3. The molecule has 3 rings (SSSR count). The first-order chi connectivity index (χ1) is 13.1. The van der Waals surface area contributed by atoms with Crippen molar-refractivity contribution in [1.29, 1.82) is 0 Å². The molecule has 0 saturated heterocycles. The van der Waals surface area contributed by atoms with Crippen LogP contribution in [0.4, 0.5) is 24.7 Å². The van der Waals surface area contributed by atoms with Gasteiger partial charge in [0.1, 0.15) is 5.56 Å². The number of anilines is 2. The largest absolute Gasteiger partial charge is 0.477 e. The van der Waals surface area contributed by atoms with E-state index in [0.717, 1.165) is 10.8 Å². The molecule has 0 saturated carbocycles. The Morgan fingerprint density at radius 3 is 2.54 bits per heavy atom. The zero-order valence-corrected chi connectivity index (χ0v) is 16.0. The second kappa shape index (κ2) is 6.82.